The standard InChI is InChI=1S/C13H8BrClF4S/c1-6-9(14)5-11(20-6)12(15)8-4-7(13(17,18)19)2-3-10(8)16/h2-5,12H,1H3. The van der Waals surface area contributed by atoms with Crippen LogP contribution in [0.1, 0.15) is 26.3 Å². The summed E-state index contributed by atoms with van der Waals surface area (Å²) in [5.41, 5.74) is -1.08. The summed E-state index contributed by atoms with van der Waals surface area (Å²) in [7, 11) is 0. The van der Waals surface area contributed by atoms with Crippen molar-refractivity contribution in [1.29, 1.82) is 0 Å². The average Bonchev–Trinajstić information content (AvgIpc) is 2.68. The zero-order valence-electron chi connectivity index (χ0n) is 10.1. The molecule has 1 aromatic carbocycles. The van der Waals surface area contributed by atoms with Crippen LogP contribution in [0.3, 0.4) is 0 Å². The minimum absolute atomic E-state index is 0.171. The van der Waals surface area contributed by atoms with Crippen molar-refractivity contribution in [2.45, 2.75) is 18.5 Å². The van der Waals surface area contributed by atoms with Gasteiger partial charge in [0, 0.05) is 19.8 Å². The molecule has 0 radical (unpaired) electrons. The Morgan fingerprint density at radius 3 is 2.40 bits per heavy atom. The zero-order valence-corrected chi connectivity index (χ0v) is 13.2. The summed E-state index contributed by atoms with van der Waals surface area (Å²) in [5.74, 6) is -0.750. The molecule has 7 heteroatoms. The lowest BCUT2D eigenvalue weighted by molar-refractivity contribution is -0.137. The quantitative estimate of drug-likeness (QED) is 0.419. The summed E-state index contributed by atoms with van der Waals surface area (Å²) < 4.78 is 52.5. The summed E-state index contributed by atoms with van der Waals surface area (Å²) in [5, 5.41) is -0.952. The van der Waals surface area contributed by atoms with Gasteiger partial charge in [0.05, 0.1) is 10.9 Å². The van der Waals surface area contributed by atoms with E-state index in [2.05, 4.69) is 15.9 Å². The SMILES string of the molecule is Cc1sc(C(Cl)c2cc(C(F)(F)F)ccc2F)cc1Br. The van der Waals surface area contributed by atoms with E-state index < -0.39 is 22.9 Å². The Morgan fingerprint density at radius 2 is 1.90 bits per heavy atom. The molecular weight excluding hydrogens is 380 g/mol. The molecular formula is C13H8BrClF4S. The van der Waals surface area contributed by atoms with Crippen molar-refractivity contribution >= 4 is 38.9 Å². The van der Waals surface area contributed by atoms with E-state index >= 15 is 0 Å². The van der Waals surface area contributed by atoms with Gasteiger partial charge in [-0.2, -0.15) is 13.2 Å². The molecule has 0 N–H and O–H groups in total. The van der Waals surface area contributed by atoms with Crippen LogP contribution in [-0.2, 0) is 6.18 Å². The van der Waals surface area contributed by atoms with Gasteiger partial charge in [0.15, 0.2) is 0 Å². The summed E-state index contributed by atoms with van der Waals surface area (Å²) in [6.07, 6.45) is -4.52. The van der Waals surface area contributed by atoms with Gasteiger partial charge in [-0.1, -0.05) is 0 Å². The molecule has 1 heterocycles. The van der Waals surface area contributed by atoms with E-state index in [-0.39, 0.29) is 5.56 Å². The van der Waals surface area contributed by atoms with Crippen LogP contribution in [0.25, 0.3) is 0 Å². The van der Waals surface area contributed by atoms with E-state index in [0.717, 1.165) is 21.5 Å². The van der Waals surface area contributed by atoms with Crippen LogP contribution in [0.2, 0.25) is 0 Å². The van der Waals surface area contributed by atoms with Gasteiger partial charge in [-0.3, -0.25) is 0 Å². The third kappa shape index (κ3) is 3.18. The Labute approximate surface area is 130 Å². The molecule has 0 fully saturated rings. The molecule has 1 aromatic heterocycles. The van der Waals surface area contributed by atoms with Gasteiger partial charge in [0.1, 0.15) is 5.82 Å². The second kappa shape index (κ2) is 5.66. The van der Waals surface area contributed by atoms with Gasteiger partial charge in [0.25, 0.3) is 0 Å². The van der Waals surface area contributed by atoms with Crippen LogP contribution >= 0.6 is 38.9 Å². The predicted molar refractivity (Wildman–Crippen MR) is 75.9 cm³/mol. The number of hydrogen-bond acceptors (Lipinski definition) is 1. The van der Waals surface area contributed by atoms with Crippen molar-refractivity contribution in [3.63, 3.8) is 0 Å². The number of alkyl halides is 4. The lowest BCUT2D eigenvalue weighted by Crippen LogP contribution is -2.07. The fourth-order valence-electron chi connectivity index (χ4n) is 1.67. The Hall–Kier alpha value is -0.590. The molecule has 0 amide bonds. The van der Waals surface area contributed by atoms with Gasteiger partial charge < -0.3 is 0 Å². The number of aryl methyl sites for hydroxylation is 1. The van der Waals surface area contributed by atoms with Crippen molar-refractivity contribution in [2.75, 3.05) is 0 Å². The van der Waals surface area contributed by atoms with Gasteiger partial charge in [-0.15, -0.1) is 22.9 Å². The summed E-state index contributed by atoms with van der Waals surface area (Å²) in [6, 6.07) is 3.95. The number of thiophene rings is 1. The molecule has 0 aliphatic rings. The number of rotatable bonds is 2. The van der Waals surface area contributed by atoms with Gasteiger partial charge in [-0.25, -0.2) is 4.39 Å². The van der Waals surface area contributed by atoms with Crippen LogP contribution in [0.15, 0.2) is 28.7 Å². The Kier molecular flexibility index (Phi) is 4.47. The number of benzene rings is 1. The lowest BCUT2D eigenvalue weighted by atomic mass is 10.1. The molecule has 1 atom stereocenters. The fraction of sp³-hybridized carbons (Fsp3) is 0.231. The van der Waals surface area contributed by atoms with Gasteiger partial charge >= 0.3 is 6.18 Å². The highest BCUT2D eigenvalue weighted by Gasteiger charge is 2.32. The maximum absolute atomic E-state index is 13.7. The van der Waals surface area contributed by atoms with Gasteiger partial charge in [0.2, 0.25) is 0 Å². The Bertz CT molecular complexity index is 616. The predicted octanol–water partition coefficient (Wildman–Crippen LogP) is 6.31. The third-order valence-corrected chi connectivity index (χ3v) is 5.52. The molecule has 20 heavy (non-hydrogen) atoms. The molecule has 0 aliphatic heterocycles. The van der Waals surface area contributed by atoms with Crippen LogP contribution in [0, 0.1) is 12.7 Å². The smallest absolute Gasteiger partial charge is 0.207 e. The molecule has 2 aromatic rings. The molecule has 0 bridgehead atoms. The summed E-state index contributed by atoms with van der Waals surface area (Å²) in [4.78, 5) is 1.52. The Morgan fingerprint density at radius 1 is 1.25 bits per heavy atom. The third-order valence-electron chi connectivity index (χ3n) is 2.72. The number of hydrogen-bond donors (Lipinski definition) is 0. The first kappa shape index (κ1) is 15.8. The van der Waals surface area contributed by atoms with Crippen LogP contribution in [-0.4, -0.2) is 0 Å². The average molecular weight is 388 g/mol. The molecule has 108 valence electrons. The molecule has 0 aliphatic carbocycles. The minimum Gasteiger partial charge on any atom is -0.207 e. The van der Waals surface area contributed by atoms with Gasteiger partial charge in [-0.05, 0) is 47.1 Å². The van der Waals surface area contributed by atoms with Crippen molar-refractivity contribution < 1.29 is 17.6 Å². The van der Waals surface area contributed by atoms with E-state index in [0.29, 0.717) is 10.9 Å². The van der Waals surface area contributed by atoms with Crippen LogP contribution in [0.4, 0.5) is 17.6 Å². The van der Waals surface area contributed by atoms with E-state index in [1.807, 2.05) is 6.92 Å². The monoisotopic (exact) mass is 386 g/mol. The van der Waals surface area contributed by atoms with Crippen molar-refractivity contribution in [1.82, 2.24) is 0 Å². The second-order valence-corrected chi connectivity index (χ2v) is 6.73. The Balaban J connectivity index is 2.46. The zero-order chi connectivity index (χ0) is 15.1. The van der Waals surface area contributed by atoms with E-state index in [1.54, 1.807) is 6.07 Å². The lowest BCUT2D eigenvalue weighted by Gasteiger charge is -2.13. The molecule has 0 nitrogen and oxygen atoms in total. The highest BCUT2D eigenvalue weighted by molar-refractivity contribution is 9.10. The first-order valence-electron chi connectivity index (χ1n) is 5.46. The van der Waals surface area contributed by atoms with E-state index in [9.17, 15) is 17.6 Å². The van der Waals surface area contributed by atoms with Crippen LogP contribution < -0.4 is 0 Å². The first-order chi connectivity index (χ1) is 9.20. The molecule has 0 saturated heterocycles. The molecule has 0 saturated carbocycles. The number of halogens is 6. The molecule has 2 rings (SSSR count). The highest BCUT2D eigenvalue weighted by Crippen LogP contribution is 2.40. The summed E-state index contributed by atoms with van der Waals surface area (Å²) in [6.45, 7) is 1.84. The van der Waals surface area contributed by atoms with E-state index in [4.69, 9.17) is 11.6 Å². The second-order valence-electron chi connectivity index (χ2n) is 4.15. The highest BCUT2D eigenvalue weighted by atomic mass is 79.9. The first-order valence-corrected chi connectivity index (χ1v) is 7.51. The van der Waals surface area contributed by atoms with Crippen molar-refractivity contribution in [3.8, 4) is 0 Å². The fourth-order valence-corrected chi connectivity index (χ4v) is 3.60. The van der Waals surface area contributed by atoms with Crippen molar-refractivity contribution in [3.05, 3.63) is 55.4 Å². The summed E-state index contributed by atoms with van der Waals surface area (Å²) >= 11 is 10.7. The van der Waals surface area contributed by atoms with Crippen molar-refractivity contribution in [2.24, 2.45) is 0 Å². The molecule has 1 unspecified atom stereocenters. The normalized spacial score (nSPS) is 13.6. The largest absolute Gasteiger partial charge is 0.416 e. The molecule has 0 spiro atoms. The minimum atomic E-state index is -4.52. The maximum Gasteiger partial charge on any atom is 0.416 e. The topological polar surface area (TPSA) is 0 Å². The van der Waals surface area contributed by atoms with E-state index in [1.165, 1.54) is 11.3 Å². The van der Waals surface area contributed by atoms with Crippen LogP contribution in [0.5, 0.6) is 0 Å². The maximum atomic E-state index is 13.7.